The van der Waals surface area contributed by atoms with Crippen molar-refractivity contribution in [2.45, 2.75) is 32.9 Å². The molecule has 7 heteroatoms. The van der Waals surface area contributed by atoms with E-state index in [1.165, 1.54) is 6.20 Å². The molecule has 0 bridgehead atoms. The second-order valence-corrected chi connectivity index (χ2v) is 6.56. The van der Waals surface area contributed by atoms with Crippen molar-refractivity contribution in [1.29, 1.82) is 0 Å². The summed E-state index contributed by atoms with van der Waals surface area (Å²) in [6.07, 6.45) is 6.85. The molecule has 1 amide bonds. The molecule has 0 atom stereocenters. The SMILES string of the molecule is CC(C)(C)NC(=O)c1cnn2ccc(NCc3cccnc3)nc12. The van der Waals surface area contributed by atoms with Gasteiger partial charge >= 0.3 is 0 Å². The zero-order valence-corrected chi connectivity index (χ0v) is 13.9. The lowest BCUT2D eigenvalue weighted by Crippen LogP contribution is -2.40. The van der Waals surface area contributed by atoms with Crippen LogP contribution >= 0.6 is 0 Å². The maximum atomic E-state index is 12.4. The molecule has 24 heavy (non-hydrogen) atoms. The van der Waals surface area contributed by atoms with Crippen LogP contribution in [0.1, 0.15) is 36.7 Å². The number of nitrogens with one attached hydrogen (secondary N) is 2. The van der Waals surface area contributed by atoms with Gasteiger partial charge in [0.1, 0.15) is 11.4 Å². The fourth-order valence-corrected chi connectivity index (χ4v) is 2.23. The van der Waals surface area contributed by atoms with Crippen LogP contribution in [-0.4, -0.2) is 31.0 Å². The van der Waals surface area contributed by atoms with Crippen molar-refractivity contribution >= 4 is 17.4 Å². The minimum atomic E-state index is -0.318. The molecule has 0 aliphatic heterocycles. The van der Waals surface area contributed by atoms with Crippen molar-refractivity contribution < 1.29 is 4.79 Å². The number of carbonyl (C=O) groups is 1. The third kappa shape index (κ3) is 3.68. The van der Waals surface area contributed by atoms with Gasteiger partial charge in [-0.3, -0.25) is 9.78 Å². The smallest absolute Gasteiger partial charge is 0.257 e. The van der Waals surface area contributed by atoms with Crippen molar-refractivity contribution in [2.24, 2.45) is 0 Å². The Balaban J connectivity index is 1.82. The lowest BCUT2D eigenvalue weighted by Gasteiger charge is -2.19. The predicted octanol–water partition coefficient (Wildman–Crippen LogP) is 2.26. The van der Waals surface area contributed by atoms with Crippen LogP contribution < -0.4 is 10.6 Å². The van der Waals surface area contributed by atoms with Gasteiger partial charge in [0.2, 0.25) is 0 Å². The molecule has 3 aromatic rings. The van der Waals surface area contributed by atoms with Gasteiger partial charge in [-0.1, -0.05) is 6.07 Å². The number of nitrogens with zero attached hydrogens (tertiary/aromatic N) is 4. The Bertz CT molecular complexity index is 850. The highest BCUT2D eigenvalue weighted by molar-refractivity contribution is 6.00. The highest BCUT2D eigenvalue weighted by atomic mass is 16.1. The summed E-state index contributed by atoms with van der Waals surface area (Å²) in [5.41, 5.74) is 1.71. The number of fused-ring (bicyclic) bond motifs is 1. The molecule has 7 nitrogen and oxygen atoms in total. The zero-order chi connectivity index (χ0) is 17.2. The highest BCUT2D eigenvalue weighted by Gasteiger charge is 2.19. The highest BCUT2D eigenvalue weighted by Crippen LogP contribution is 2.13. The molecule has 0 saturated carbocycles. The number of anilines is 1. The summed E-state index contributed by atoms with van der Waals surface area (Å²) in [6.45, 7) is 6.41. The fourth-order valence-electron chi connectivity index (χ4n) is 2.23. The van der Waals surface area contributed by atoms with Crippen molar-refractivity contribution in [3.05, 3.63) is 54.1 Å². The topological polar surface area (TPSA) is 84.2 Å². The Morgan fingerprint density at radius 3 is 2.79 bits per heavy atom. The number of hydrogen-bond acceptors (Lipinski definition) is 5. The Labute approximate surface area is 140 Å². The van der Waals surface area contributed by atoms with Crippen molar-refractivity contribution in [2.75, 3.05) is 5.32 Å². The lowest BCUT2D eigenvalue weighted by atomic mass is 10.1. The number of carbonyl (C=O) groups excluding carboxylic acids is 1. The Morgan fingerprint density at radius 1 is 1.25 bits per heavy atom. The lowest BCUT2D eigenvalue weighted by molar-refractivity contribution is 0.0921. The van der Waals surface area contributed by atoms with Gasteiger partial charge in [0.05, 0.1) is 6.20 Å². The first-order valence-electron chi connectivity index (χ1n) is 7.72. The van der Waals surface area contributed by atoms with Gasteiger partial charge in [-0.2, -0.15) is 5.10 Å². The third-order valence-electron chi connectivity index (χ3n) is 3.30. The van der Waals surface area contributed by atoms with Gasteiger partial charge in [-0.05, 0) is 38.5 Å². The first-order valence-corrected chi connectivity index (χ1v) is 7.72. The molecule has 3 heterocycles. The summed E-state index contributed by atoms with van der Waals surface area (Å²) in [6, 6.07) is 5.70. The fraction of sp³-hybridized carbons (Fsp3) is 0.294. The molecule has 0 fully saturated rings. The molecule has 0 radical (unpaired) electrons. The number of rotatable bonds is 4. The van der Waals surface area contributed by atoms with Crippen molar-refractivity contribution in [1.82, 2.24) is 24.9 Å². The van der Waals surface area contributed by atoms with Crippen LogP contribution in [0.3, 0.4) is 0 Å². The van der Waals surface area contributed by atoms with Crippen molar-refractivity contribution in [3.63, 3.8) is 0 Å². The number of hydrogen-bond donors (Lipinski definition) is 2. The normalized spacial score (nSPS) is 11.5. The molecule has 0 aliphatic rings. The van der Waals surface area contributed by atoms with Gasteiger partial charge in [-0.15, -0.1) is 0 Å². The van der Waals surface area contributed by atoms with Crippen LogP contribution in [0, 0.1) is 0 Å². The first-order chi connectivity index (χ1) is 11.4. The van der Waals surface area contributed by atoms with Crippen LogP contribution in [-0.2, 0) is 6.54 Å². The van der Waals surface area contributed by atoms with Gasteiger partial charge < -0.3 is 10.6 Å². The average molecular weight is 324 g/mol. The minimum Gasteiger partial charge on any atom is -0.366 e. The second-order valence-electron chi connectivity index (χ2n) is 6.56. The summed E-state index contributed by atoms with van der Waals surface area (Å²) in [7, 11) is 0. The van der Waals surface area contributed by atoms with Crippen LogP contribution in [0.2, 0.25) is 0 Å². The number of pyridine rings is 1. The van der Waals surface area contributed by atoms with Crippen LogP contribution in [0.15, 0.2) is 43.0 Å². The van der Waals surface area contributed by atoms with Gasteiger partial charge in [0.15, 0.2) is 5.65 Å². The van der Waals surface area contributed by atoms with Crippen LogP contribution in [0.25, 0.3) is 5.65 Å². The molecule has 3 rings (SSSR count). The maximum Gasteiger partial charge on any atom is 0.257 e. The van der Waals surface area contributed by atoms with Gasteiger partial charge in [-0.25, -0.2) is 9.50 Å². The predicted molar refractivity (Wildman–Crippen MR) is 91.8 cm³/mol. The van der Waals surface area contributed by atoms with Gasteiger partial charge in [0.25, 0.3) is 5.91 Å². The molecule has 0 unspecified atom stereocenters. The van der Waals surface area contributed by atoms with E-state index in [-0.39, 0.29) is 11.4 Å². The zero-order valence-electron chi connectivity index (χ0n) is 13.9. The van der Waals surface area contributed by atoms with E-state index in [1.807, 2.05) is 39.0 Å². The van der Waals surface area contributed by atoms with Crippen LogP contribution in [0.5, 0.6) is 0 Å². The summed E-state index contributed by atoms with van der Waals surface area (Å²) in [4.78, 5) is 21.0. The molecular weight excluding hydrogens is 304 g/mol. The van der Waals surface area contributed by atoms with E-state index < -0.39 is 0 Å². The first kappa shape index (κ1) is 15.9. The molecule has 0 saturated heterocycles. The Hall–Kier alpha value is -2.96. The number of aromatic nitrogens is 4. The minimum absolute atomic E-state index is 0.186. The monoisotopic (exact) mass is 324 g/mol. The van der Waals surface area contributed by atoms with Gasteiger partial charge in [0, 0.05) is 30.7 Å². The summed E-state index contributed by atoms with van der Waals surface area (Å²) in [5, 5.41) is 10.3. The van der Waals surface area contributed by atoms with E-state index in [2.05, 4.69) is 25.7 Å². The summed E-state index contributed by atoms with van der Waals surface area (Å²) >= 11 is 0. The van der Waals surface area contributed by atoms with E-state index in [4.69, 9.17) is 0 Å². The van der Waals surface area contributed by atoms with E-state index in [0.29, 0.717) is 23.6 Å². The van der Waals surface area contributed by atoms with Crippen molar-refractivity contribution in [3.8, 4) is 0 Å². The largest absolute Gasteiger partial charge is 0.366 e. The molecule has 3 aromatic heterocycles. The summed E-state index contributed by atoms with van der Waals surface area (Å²) < 4.78 is 1.59. The Morgan fingerprint density at radius 2 is 2.08 bits per heavy atom. The molecular formula is C17H20N6O. The maximum absolute atomic E-state index is 12.4. The third-order valence-corrected chi connectivity index (χ3v) is 3.30. The quantitative estimate of drug-likeness (QED) is 0.769. The standard InChI is InChI=1S/C17H20N6O/c1-17(2,3)22-16(24)13-11-20-23-8-6-14(21-15(13)23)19-10-12-5-4-7-18-9-12/h4-9,11H,10H2,1-3H3,(H,19,21)(H,22,24). The van der Waals surface area contributed by atoms with E-state index in [9.17, 15) is 4.79 Å². The Kier molecular flexibility index (Phi) is 4.16. The molecule has 0 aliphatic carbocycles. The summed E-state index contributed by atoms with van der Waals surface area (Å²) in [5.74, 6) is 0.492. The molecule has 124 valence electrons. The molecule has 0 aromatic carbocycles. The molecule has 2 N–H and O–H groups in total. The van der Waals surface area contributed by atoms with E-state index >= 15 is 0 Å². The second kappa shape index (κ2) is 6.27. The van der Waals surface area contributed by atoms with E-state index in [0.717, 1.165) is 5.56 Å². The molecule has 0 spiro atoms. The average Bonchev–Trinajstić information content (AvgIpc) is 2.95. The van der Waals surface area contributed by atoms with E-state index in [1.54, 1.807) is 23.1 Å². The van der Waals surface area contributed by atoms with Crippen LogP contribution in [0.4, 0.5) is 5.82 Å². The number of amides is 1.